The molecule has 1 fully saturated rings. The normalized spacial score (nSPS) is 22.4. The van der Waals surface area contributed by atoms with E-state index in [0.29, 0.717) is 37.3 Å². The molecule has 0 saturated heterocycles. The highest BCUT2D eigenvalue weighted by atomic mass is 19.1. The van der Waals surface area contributed by atoms with Crippen LogP contribution in [0, 0.1) is 29.4 Å². The van der Waals surface area contributed by atoms with E-state index in [4.69, 9.17) is 0 Å². The van der Waals surface area contributed by atoms with Crippen molar-refractivity contribution in [3.63, 3.8) is 0 Å². The van der Waals surface area contributed by atoms with Gasteiger partial charge in [0, 0.05) is 37.5 Å². The van der Waals surface area contributed by atoms with Gasteiger partial charge in [0.15, 0.2) is 0 Å². The van der Waals surface area contributed by atoms with Gasteiger partial charge in [-0.15, -0.1) is 0 Å². The van der Waals surface area contributed by atoms with Gasteiger partial charge >= 0.3 is 6.03 Å². The highest BCUT2D eigenvalue weighted by Crippen LogP contribution is 2.43. The molecule has 1 saturated carbocycles. The number of carbonyl (C=O) groups excluding carboxylic acids is 1. The Kier molecular flexibility index (Phi) is 5.37. The SMILES string of the molecule is O=C(Nc1ccc(F)cc1F)N(CCc1ccccn1)CC1CC2C=CC1C2. The number of pyridine rings is 1. The van der Waals surface area contributed by atoms with E-state index in [0.717, 1.165) is 30.7 Å². The zero-order valence-electron chi connectivity index (χ0n) is 15.5. The van der Waals surface area contributed by atoms with Crippen LogP contribution < -0.4 is 5.32 Å². The van der Waals surface area contributed by atoms with E-state index in [-0.39, 0.29) is 11.7 Å². The van der Waals surface area contributed by atoms with E-state index in [1.165, 1.54) is 6.07 Å². The van der Waals surface area contributed by atoms with Crippen LogP contribution in [0.4, 0.5) is 19.3 Å². The molecule has 6 heteroatoms. The lowest BCUT2D eigenvalue weighted by molar-refractivity contribution is 0.196. The number of halogens is 2. The average Bonchev–Trinajstić information content (AvgIpc) is 3.31. The number of fused-ring (bicyclic) bond motifs is 2. The molecule has 28 heavy (non-hydrogen) atoms. The second kappa shape index (κ2) is 8.09. The standard InChI is InChI=1S/C22H23F2N3O/c23-18-6-7-21(20(24)13-18)26-22(28)27(10-8-19-3-1-2-9-25-19)14-17-12-15-4-5-16(17)11-15/h1-7,9,13,15-17H,8,10-12,14H2,(H,26,28). The van der Waals surface area contributed by atoms with Crippen LogP contribution in [0.5, 0.6) is 0 Å². The van der Waals surface area contributed by atoms with Crippen LogP contribution in [0.1, 0.15) is 18.5 Å². The van der Waals surface area contributed by atoms with Crippen LogP contribution in [-0.4, -0.2) is 29.0 Å². The molecule has 0 aliphatic heterocycles. The highest BCUT2D eigenvalue weighted by Gasteiger charge is 2.37. The van der Waals surface area contributed by atoms with Gasteiger partial charge in [-0.25, -0.2) is 13.6 Å². The summed E-state index contributed by atoms with van der Waals surface area (Å²) in [6.07, 6.45) is 9.12. The Labute approximate surface area is 163 Å². The molecule has 0 radical (unpaired) electrons. The third-order valence-corrected chi connectivity index (χ3v) is 5.70. The molecule has 1 aromatic heterocycles. The number of nitrogens with one attached hydrogen (secondary N) is 1. The van der Waals surface area contributed by atoms with Crippen molar-refractivity contribution < 1.29 is 13.6 Å². The fraction of sp³-hybridized carbons (Fsp3) is 0.364. The lowest BCUT2D eigenvalue weighted by atomic mass is 9.93. The van der Waals surface area contributed by atoms with Crippen LogP contribution in [0.2, 0.25) is 0 Å². The van der Waals surface area contributed by atoms with E-state index in [1.807, 2.05) is 18.2 Å². The third-order valence-electron chi connectivity index (χ3n) is 5.70. The van der Waals surface area contributed by atoms with Crippen molar-refractivity contribution in [2.75, 3.05) is 18.4 Å². The van der Waals surface area contributed by atoms with Crippen molar-refractivity contribution in [2.24, 2.45) is 17.8 Å². The van der Waals surface area contributed by atoms with Crippen LogP contribution >= 0.6 is 0 Å². The van der Waals surface area contributed by atoms with Crippen molar-refractivity contribution in [3.8, 4) is 0 Å². The second-order valence-electron chi connectivity index (χ2n) is 7.61. The molecule has 2 amide bonds. The molecular weight excluding hydrogens is 360 g/mol. The molecule has 4 rings (SSSR count). The lowest BCUT2D eigenvalue weighted by Gasteiger charge is -2.29. The smallest absolute Gasteiger partial charge is 0.321 e. The summed E-state index contributed by atoms with van der Waals surface area (Å²) in [5.41, 5.74) is 0.892. The van der Waals surface area contributed by atoms with Gasteiger partial charge in [0.25, 0.3) is 0 Å². The van der Waals surface area contributed by atoms with Crippen molar-refractivity contribution in [2.45, 2.75) is 19.3 Å². The summed E-state index contributed by atoms with van der Waals surface area (Å²) < 4.78 is 27.1. The monoisotopic (exact) mass is 383 g/mol. The minimum atomic E-state index is -0.777. The van der Waals surface area contributed by atoms with Crippen molar-refractivity contribution in [1.29, 1.82) is 0 Å². The average molecular weight is 383 g/mol. The number of anilines is 1. The maximum Gasteiger partial charge on any atom is 0.321 e. The number of hydrogen-bond acceptors (Lipinski definition) is 2. The maximum absolute atomic E-state index is 14.0. The predicted molar refractivity (Wildman–Crippen MR) is 104 cm³/mol. The first-order chi connectivity index (χ1) is 13.6. The highest BCUT2D eigenvalue weighted by molar-refractivity contribution is 5.89. The van der Waals surface area contributed by atoms with Gasteiger partial charge in [0.2, 0.25) is 0 Å². The molecule has 3 unspecified atom stereocenters. The minimum Gasteiger partial charge on any atom is -0.324 e. The van der Waals surface area contributed by atoms with E-state index >= 15 is 0 Å². The zero-order chi connectivity index (χ0) is 19.5. The maximum atomic E-state index is 14.0. The van der Waals surface area contributed by atoms with Crippen LogP contribution in [-0.2, 0) is 6.42 Å². The van der Waals surface area contributed by atoms with E-state index < -0.39 is 11.6 Å². The Morgan fingerprint density at radius 3 is 2.75 bits per heavy atom. The molecule has 2 aliphatic rings. The second-order valence-corrected chi connectivity index (χ2v) is 7.61. The van der Waals surface area contributed by atoms with Crippen molar-refractivity contribution in [1.82, 2.24) is 9.88 Å². The summed E-state index contributed by atoms with van der Waals surface area (Å²) in [7, 11) is 0. The Hall–Kier alpha value is -2.76. The van der Waals surface area contributed by atoms with E-state index in [1.54, 1.807) is 11.1 Å². The van der Waals surface area contributed by atoms with Gasteiger partial charge in [-0.3, -0.25) is 4.98 Å². The number of urea groups is 1. The first kappa shape index (κ1) is 18.6. The topological polar surface area (TPSA) is 45.2 Å². The fourth-order valence-electron chi connectivity index (χ4n) is 4.24. The van der Waals surface area contributed by atoms with Gasteiger partial charge in [0.1, 0.15) is 11.6 Å². The number of amides is 2. The molecule has 1 heterocycles. The number of rotatable bonds is 6. The molecule has 1 N–H and O–H groups in total. The third kappa shape index (κ3) is 4.21. The Morgan fingerprint density at radius 2 is 2.07 bits per heavy atom. The molecule has 0 spiro atoms. The van der Waals surface area contributed by atoms with Gasteiger partial charge in [0.05, 0.1) is 5.69 Å². The summed E-state index contributed by atoms with van der Waals surface area (Å²) in [4.78, 5) is 18.9. The summed E-state index contributed by atoms with van der Waals surface area (Å²) in [6.45, 7) is 1.11. The molecule has 1 aromatic carbocycles. The van der Waals surface area contributed by atoms with Crippen LogP contribution in [0.15, 0.2) is 54.7 Å². The summed E-state index contributed by atoms with van der Waals surface area (Å²) in [5.74, 6) is 0.0997. The molecule has 146 valence electrons. The quantitative estimate of drug-likeness (QED) is 0.738. The molecule has 2 aromatic rings. The molecule has 2 aliphatic carbocycles. The molecular formula is C22H23F2N3O. The number of allylic oxidation sites excluding steroid dienone is 2. The Morgan fingerprint density at radius 1 is 1.18 bits per heavy atom. The summed E-state index contributed by atoms with van der Waals surface area (Å²) in [5, 5.41) is 2.60. The minimum absolute atomic E-state index is 0.0120. The number of hydrogen-bond donors (Lipinski definition) is 1. The first-order valence-corrected chi connectivity index (χ1v) is 9.67. The van der Waals surface area contributed by atoms with Gasteiger partial charge in [-0.05, 0) is 54.9 Å². The van der Waals surface area contributed by atoms with Gasteiger partial charge in [-0.2, -0.15) is 0 Å². The van der Waals surface area contributed by atoms with Crippen LogP contribution in [0.25, 0.3) is 0 Å². The number of carbonyl (C=O) groups is 1. The number of nitrogens with zero attached hydrogens (tertiary/aromatic N) is 2. The van der Waals surface area contributed by atoms with Gasteiger partial charge in [-0.1, -0.05) is 18.2 Å². The summed E-state index contributed by atoms with van der Waals surface area (Å²) >= 11 is 0. The Bertz CT molecular complexity index is 871. The predicted octanol–water partition coefficient (Wildman–Crippen LogP) is 4.65. The lowest BCUT2D eigenvalue weighted by Crippen LogP contribution is -2.41. The summed E-state index contributed by atoms with van der Waals surface area (Å²) in [6, 6.07) is 8.49. The molecule has 2 bridgehead atoms. The number of benzene rings is 1. The molecule has 3 atom stereocenters. The van der Waals surface area contributed by atoms with Crippen LogP contribution in [0.3, 0.4) is 0 Å². The number of aromatic nitrogens is 1. The van der Waals surface area contributed by atoms with E-state index in [9.17, 15) is 13.6 Å². The largest absolute Gasteiger partial charge is 0.324 e. The first-order valence-electron chi connectivity index (χ1n) is 9.67. The fourth-order valence-corrected chi connectivity index (χ4v) is 4.24. The molecule has 4 nitrogen and oxygen atoms in total. The van der Waals surface area contributed by atoms with E-state index in [2.05, 4.69) is 22.5 Å². The van der Waals surface area contributed by atoms with Crippen molar-refractivity contribution in [3.05, 3.63) is 72.1 Å². The van der Waals surface area contributed by atoms with Crippen molar-refractivity contribution >= 4 is 11.7 Å². The Balaban J connectivity index is 1.46. The zero-order valence-corrected chi connectivity index (χ0v) is 15.5. The van der Waals surface area contributed by atoms with Gasteiger partial charge < -0.3 is 10.2 Å².